The quantitative estimate of drug-likeness (QED) is 0.584. The summed E-state index contributed by atoms with van der Waals surface area (Å²) in [6.07, 6.45) is 1.13. The molecule has 2 nitrogen and oxygen atoms in total. The number of rotatable bonds is 6. The monoisotopic (exact) mass is 323 g/mol. The first-order valence-corrected chi connectivity index (χ1v) is 7.41. The van der Waals surface area contributed by atoms with Gasteiger partial charge in [0.2, 0.25) is 0 Å². The first-order valence-electron chi connectivity index (χ1n) is 6.28. The van der Waals surface area contributed by atoms with Crippen LogP contribution in [0.25, 0.3) is 0 Å². The van der Waals surface area contributed by atoms with Crippen LogP contribution in [-0.2, 0) is 0 Å². The van der Waals surface area contributed by atoms with Crippen molar-refractivity contribution in [2.24, 2.45) is 5.41 Å². The van der Waals surface area contributed by atoms with Crippen molar-refractivity contribution in [3.05, 3.63) is 27.2 Å². The van der Waals surface area contributed by atoms with Gasteiger partial charge in [-0.05, 0) is 24.4 Å². The van der Waals surface area contributed by atoms with Crippen molar-refractivity contribution in [1.82, 2.24) is 5.32 Å². The molecule has 0 unspecified atom stereocenters. The zero-order chi connectivity index (χ0) is 14.5. The van der Waals surface area contributed by atoms with Crippen LogP contribution < -0.4 is 10.1 Å². The van der Waals surface area contributed by atoms with Crippen molar-refractivity contribution in [3.63, 3.8) is 0 Å². The standard InChI is InChI=1S/C14H20Cl3NO/c1-14(2,3)4-5-18-6-7-19-13-9-11(16)10(15)8-12(13)17/h8-9,18H,4-7H2,1-3H3. The highest BCUT2D eigenvalue weighted by atomic mass is 35.5. The Hall–Kier alpha value is -0.150. The van der Waals surface area contributed by atoms with Gasteiger partial charge in [-0.2, -0.15) is 0 Å². The maximum atomic E-state index is 6.01. The molecule has 0 atom stereocenters. The lowest BCUT2D eigenvalue weighted by atomic mass is 9.92. The average molecular weight is 325 g/mol. The Balaban J connectivity index is 2.28. The highest BCUT2D eigenvalue weighted by molar-refractivity contribution is 6.43. The summed E-state index contributed by atoms with van der Waals surface area (Å²) in [6, 6.07) is 3.23. The number of benzene rings is 1. The maximum absolute atomic E-state index is 6.01. The minimum absolute atomic E-state index is 0.348. The summed E-state index contributed by atoms with van der Waals surface area (Å²) in [6.45, 7) is 8.96. The predicted octanol–water partition coefficient (Wildman–Crippen LogP) is 5.05. The Kier molecular flexibility index (Phi) is 6.75. The minimum atomic E-state index is 0.348. The molecule has 0 aliphatic heterocycles. The molecule has 0 bridgehead atoms. The molecule has 0 heterocycles. The van der Waals surface area contributed by atoms with Crippen molar-refractivity contribution in [2.75, 3.05) is 19.7 Å². The molecule has 1 N–H and O–H groups in total. The van der Waals surface area contributed by atoms with Crippen molar-refractivity contribution in [1.29, 1.82) is 0 Å². The van der Waals surface area contributed by atoms with Crippen LogP contribution in [0.15, 0.2) is 12.1 Å². The molecule has 0 saturated carbocycles. The van der Waals surface area contributed by atoms with Gasteiger partial charge in [-0.25, -0.2) is 0 Å². The first-order chi connectivity index (χ1) is 8.79. The van der Waals surface area contributed by atoms with Crippen LogP contribution in [0, 0.1) is 5.41 Å². The molecule has 1 aromatic rings. The van der Waals surface area contributed by atoms with E-state index in [1.54, 1.807) is 12.1 Å². The van der Waals surface area contributed by atoms with Gasteiger partial charge in [0.25, 0.3) is 0 Å². The molecule has 0 aliphatic carbocycles. The molecule has 0 spiro atoms. The van der Waals surface area contributed by atoms with Gasteiger partial charge in [0.05, 0.1) is 15.1 Å². The van der Waals surface area contributed by atoms with E-state index in [0.717, 1.165) is 19.5 Å². The average Bonchev–Trinajstić information content (AvgIpc) is 2.28. The van der Waals surface area contributed by atoms with E-state index in [4.69, 9.17) is 39.5 Å². The summed E-state index contributed by atoms with van der Waals surface area (Å²) in [5.41, 5.74) is 0.348. The molecule has 0 amide bonds. The largest absolute Gasteiger partial charge is 0.491 e. The van der Waals surface area contributed by atoms with E-state index in [1.165, 1.54) is 0 Å². The van der Waals surface area contributed by atoms with Gasteiger partial charge in [-0.15, -0.1) is 0 Å². The SMILES string of the molecule is CC(C)(C)CCNCCOc1cc(Cl)c(Cl)cc1Cl. The van der Waals surface area contributed by atoms with Crippen LogP contribution in [-0.4, -0.2) is 19.7 Å². The van der Waals surface area contributed by atoms with Gasteiger partial charge in [-0.3, -0.25) is 0 Å². The number of ether oxygens (including phenoxy) is 1. The van der Waals surface area contributed by atoms with Gasteiger partial charge in [0.1, 0.15) is 12.4 Å². The molecule has 0 aromatic heterocycles. The predicted molar refractivity (Wildman–Crippen MR) is 83.9 cm³/mol. The van der Waals surface area contributed by atoms with Crippen molar-refractivity contribution < 1.29 is 4.74 Å². The van der Waals surface area contributed by atoms with Crippen LogP contribution in [0.2, 0.25) is 15.1 Å². The second kappa shape index (κ2) is 7.58. The van der Waals surface area contributed by atoms with Crippen LogP contribution in [0.1, 0.15) is 27.2 Å². The highest BCUT2D eigenvalue weighted by Crippen LogP contribution is 2.33. The van der Waals surface area contributed by atoms with Gasteiger partial charge < -0.3 is 10.1 Å². The van der Waals surface area contributed by atoms with Gasteiger partial charge >= 0.3 is 0 Å². The second-order valence-corrected chi connectivity index (χ2v) is 6.83. The van der Waals surface area contributed by atoms with E-state index in [1.807, 2.05) is 0 Å². The number of nitrogens with one attached hydrogen (secondary N) is 1. The second-order valence-electron chi connectivity index (χ2n) is 5.61. The van der Waals surface area contributed by atoms with Crippen molar-refractivity contribution in [3.8, 4) is 5.75 Å². The summed E-state index contributed by atoms with van der Waals surface area (Å²) in [5, 5.41) is 4.69. The third kappa shape index (κ3) is 6.71. The molecule has 1 rings (SSSR count). The molecule has 0 fully saturated rings. The third-order valence-electron chi connectivity index (χ3n) is 2.56. The molecule has 0 radical (unpaired) electrons. The zero-order valence-electron chi connectivity index (χ0n) is 11.5. The van der Waals surface area contributed by atoms with E-state index >= 15 is 0 Å². The Labute approximate surface area is 130 Å². The molecule has 19 heavy (non-hydrogen) atoms. The normalized spacial score (nSPS) is 11.7. The molecular formula is C14H20Cl3NO. The van der Waals surface area contributed by atoms with E-state index in [0.29, 0.717) is 32.8 Å². The fourth-order valence-corrected chi connectivity index (χ4v) is 2.03. The van der Waals surface area contributed by atoms with Crippen LogP contribution in [0.5, 0.6) is 5.75 Å². The Morgan fingerprint density at radius 2 is 1.63 bits per heavy atom. The molecule has 0 aliphatic rings. The molecule has 108 valence electrons. The van der Waals surface area contributed by atoms with Gasteiger partial charge in [0, 0.05) is 12.6 Å². The van der Waals surface area contributed by atoms with Crippen molar-refractivity contribution >= 4 is 34.8 Å². The lowest BCUT2D eigenvalue weighted by molar-refractivity contribution is 0.304. The molecular weight excluding hydrogens is 305 g/mol. The smallest absolute Gasteiger partial charge is 0.139 e. The van der Waals surface area contributed by atoms with Crippen molar-refractivity contribution in [2.45, 2.75) is 27.2 Å². The Morgan fingerprint density at radius 1 is 1.00 bits per heavy atom. The number of hydrogen-bond donors (Lipinski definition) is 1. The van der Waals surface area contributed by atoms with Crippen LogP contribution in [0.4, 0.5) is 0 Å². The van der Waals surface area contributed by atoms with Crippen LogP contribution >= 0.6 is 34.8 Å². The minimum Gasteiger partial charge on any atom is -0.491 e. The lowest BCUT2D eigenvalue weighted by Gasteiger charge is -2.18. The zero-order valence-corrected chi connectivity index (χ0v) is 13.8. The van der Waals surface area contributed by atoms with E-state index in [9.17, 15) is 0 Å². The lowest BCUT2D eigenvalue weighted by Crippen LogP contribution is -2.25. The fraction of sp³-hybridized carbons (Fsp3) is 0.571. The molecule has 5 heteroatoms. The summed E-state index contributed by atoms with van der Waals surface area (Å²) < 4.78 is 5.57. The third-order valence-corrected chi connectivity index (χ3v) is 3.58. The molecule has 1 aromatic carbocycles. The molecule has 0 saturated heterocycles. The van der Waals surface area contributed by atoms with Gasteiger partial charge in [0.15, 0.2) is 0 Å². The highest BCUT2D eigenvalue weighted by Gasteiger charge is 2.09. The van der Waals surface area contributed by atoms with E-state index < -0.39 is 0 Å². The van der Waals surface area contributed by atoms with Crippen LogP contribution in [0.3, 0.4) is 0 Å². The fourth-order valence-electron chi connectivity index (χ4n) is 1.44. The maximum Gasteiger partial charge on any atom is 0.139 e. The van der Waals surface area contributed by atoms with E-state index in [-0.39, 0.29) is 0 Å². The summed E-state index contributed by atoms with van der Waals surface area (Å²) in [7, 11) is 0. The van der Waals surface area contributed by atoms with Gasteiger partial charge in [-0.1, -0.05) is 55.6 Å². The Morgan fingerprint density at radius 3 is 2.26 bits per heavy atom. The summed E-state index contributed by atoms with van der Waals surface area (Å²) in [5.74, 6) is 0.564. The number of halogens is 3. The first kappa shape index (κ1) is 16.9. The summed E-state index contributed by atoms with van der Waals surface area (Å²) in [4.78, 5) is 0. The Bertz CT molecular complexity index is 416. The topological polar surface area (TPSA) is 21.3 Å². The summed E-state index contributed by atoms with van der Waals surface area (Å²) >= 11 is 17.8. The number of hydrogen-bond acceptors (Lipinski definition) is 2. The van der Waals surface area contributed by atoms with E-state index in [2.05, 4.69) is 26.1 Å².